The van der Waals surface area contributed by atoms with Gasteiger partial charge in [0, 0.05) is 44.5 Å². The number of piperidine rings is 1. The van der Waals surface area contributed by atoms with Gasteiger partial charge in [-0.25, -0.2) is 0 Å². The molecule has 1 spiro atoms. The predicted molar refractivity (Wildman–Crippen MR) is 171 cm³/mol. The molecule has 3 heterocycles. The standard InChI is InChI=1S/C36H46N4O4/c41-33(37-31-15-8-13-27-11-4-5-14-29(27)31)25-40-20-16-30-28(24-40)12-6-7-17-36(18-21-44-22-19-36)35(43)39-32(34(42)38-30)23-26-9-2-1-3-10-26/h1-3,6-10,13,15,28,30,32H,4-5,11-12,14,16-25H2,(H,37,41)(H,38,42)(H,39,43)/b7-6+/t28-,30+,32-/m0/s1. The second kappa shape index (κ2) is 14.1. The number of rotatable bonds is 5. The fourth-order valence-electron chi connectivity index (χ4n) is 7.49. The van der Waals surface area contributed by atoms with Crippen LogP contribution in [0.1, 0.15) is 61.6 Å². The Bertz CT molecular complexity index is 1350. The summed E-state index contributed by atoms with van der Waals surface area (Å²) in [5.74, 6) is -0.00944. The van der Waals surface area contributed by atoms with E-state index in [2.05, 4.69) is 39.1 Å². The first-order valence-electron chi connectivity index (χ1n) is 16.5. The van der Waals surface area contributed by atoms with Crippen LogP contribution >= 0.6 is 0 Å². The molecule has 4 aliphatic rings. The van der Waals surface area contributed by atoms with E-state index in [1.807, 2.05) is 42.5 Å². The van der Waals surface area contributed by atoms with Crippen molar-refractivity contribution in [1.29, 1.82) is 0 Å². The van der Waals surface area contributed by atoms with Crippen molar-refractivity contribution in [3.05, 3.63) is 77.4 Å². The van der Waals surface area contributed by atoms with E-state index in [0.717, 1.165) is 50.0 Å². The number of likely N-dealkylation sites (tertiary alicyclic amines) is 1. The van der Waals surface area contributed by atoms with Crippen molar-refractivity contribution < 1.29 is 19.1 Å². The molecule has 3 N–H and O–H groups in total. The zero-order valence-corrected chi connectivity index (χ0v) is 25.7. The lowest BCUT2D eigenvalue weighted by Crippen LogP contribution is -2.58. The monoisotopic (exact) mass is 598 g/mol. The van der Waals surface area contributed by atoms with E-state index in [9.17, 15) is 14.4 Å². The van der Waals surface area contributed by atoms with Crippen molar-refractivity contribution in [2.45, 2.75) is 76.3 Å². The number of amides is 3. The lowest BCUT2D eigenvalue weighted by Gasteiger charge is -2.40. The number of anilines is 1. The summed E-state index contributed by atoms with van der Waals surface area (Å²) < 4.78 is 5.62. The maximum absolute atomic E-state index is 13.8. The van der Waals surface area contributed by atoms with Gasteiger partial charge in [-0.1, -0.05) is 54.6 Å². The molecule has 0 bridgehead atoms. The predicted octanol–water partition coefficient (Wildman–Crippen LogP) is 4.18. The first-order valence-corrected chi connectivity index (χ1v) is 16.5. The number of allylic oxidation sites excluding steroid dienone is 2. The van der Waals surface area contributed by atoms with Gasteiger partial charge in [-0.05, 0) is 86.5 Å². The second-order valence-electron chi connectivity index (χ2n) is 13.1. The van der Waals surface area contributed by atoms with Gasteiger partial charge < -0.3 is 20.7 Å². The highest BCUT2D eigenvalue weighted by Gasteiger charge is 2.41. The first kappa shape index (κ1) is 30.5. The Hall–Kier alpha value is -3.49. The van der Waals surface area contributed by atoms with E-state index in [1.165, 1.54) is 24.0 Å². The molecule has 3 aliphatic heterocycles. The summed E-state index contributed by atoms with van der Waals surface area (Å²) in [6.45, 7) is 2.88. The number of hydrogen-bond donors (Lipinski definition) is 3. The van der Waals surface area contributed by atoms with Crippen molar-refractivity contribution in [3.63, 3.8) is 0 Å². The number of ether oxygens (including phenoxy) is 1. The van der Waals surface area contributed by atoms with Crippen molar-refractivity contribution in [1.82, 2.24) is 15.5 Å². The van der Waals surface area contributed by atoms with E-state index in [0.29, 0.717) is 45.4 Å². The van der Waals surface area contributed by atoms with E-state index in [4.69, 9.17) is 4.74 Å². The topological polar surface area (TPSA) is 99.8 Å². The minimum Gasteiger partial charge on any atom is -0.381 e. The summed E-state index contributed by atoms with van der Waals surface area (Å²) in [5.41, 5.74) is 4.04. The highest BCUT2D eigenvalue weighted by molar-refractivity contribution is 5.93. The van der Waals surface area contributed by atoms with Gasteiger partial charge in [0.2, 0.25) is 17.7 Å². The van der Waals surface area contributed by atoms with Crippen LogP contribution in [0.2, 0.25) is 0 Å². The van der Waals surface area contributed by atoms with Crippen molar-refractivity contribution >= 4 is 23.4 Å². The Morgan fingerprint density at radius 2 is 1.80 bits per heavy atom. The van der Waals surface area contributed by atoms with Crippen LogP contribution in [0.15, 0.2) is 60.7 Å². The third-order valence-corrected chi connectivity index (χ3v) is 10.1. The molecule has 8 heteroatoms. The van der Waals surface area contributed by atoms with Gasteiger partial charge in [0.05, 0.1) is 12.0 Å². The Labute approximate surface area is 261 Å². The fraction of sp³-hybridized carbons (Fsp3) is 0.528. The number of aryl methyl sites for hydroxylation is 1. The first-order chi connectivity index (χ1) is 21.5. The fourth-order valence-corrected chi connectivity index (χ4v) is 7.49. The molecule has 8 nitrogen and oxygen atoms in total. The van der Waals surface area contributed by atoms with E-state index >= 15 is 0 Å². The molecule has 0 radical (unpaired) electrons. The van der Waals surface area contributed by atoms with Crippen LogP contribution in [0.25, 0.3) is 0 Å². The molecular formula is C36H46N4O4. The number of nitrogens with one attached hydrogen (secondary N) is 3. The number of hydrogen-bond acceptors (Lipinski definition) is 5. The third-order valence-electron chi connectivity index (χ3n) is 10.1. The zero-order chi connectivity index (χ0) is 30.4. The van der Waals surface area contributed by atoms with Gasteiger partial charge in [-0.3, -0.25) is 19.3 Å². The smallest absolute Gasteiger partial charge is 0.243 e. The Balaban J connectivity index is 1.16. The summed E-state index contributed by atoms with van der Waals surface area (Å²) in [6, 6.07) is 15.4. The number of carbonyl (C=O) groups is 3. The molecule has 2 fully saturated rings. The highest BCUT2D eigenvalue weighted by Crippen LogP contribution is 2.36. The minimum atomic E-state index is -0.658. The molecular weight excluding hydrogens is 552 g/mol. The molecule has 44 heavy (non-hydrogen) atoms. The third kappa shape index (κ3) is 7.24. The van der Waals surface area contributed by atoms with Crippen LogP contribution in [0.5, 0.6) is 0 Å². The number of carbonyl (C=O) groups excluding carboxylic acids is 3. The van der Waals surface area contributed by atoms with Gasteiger partial charge in [-0.2, -0.15) is 0 Å². The van der Waals surface area contributed by atoms with Gasteiger partial charge >= 0.3 is 0 Å². The lowest BCUT2D eigenvalue weighted by molar-refractivity contribution is -0.140. The zero-order valence-electron chi connectivity index (χ0n) is 25.7. The van der Waals surface area contributed by atoms with Crippen molar-refractivity contribution in [2.24, 2.45) is 11.3 Å². The molecule has 234 valence electrons. The molecule has 0 saturated carbocycles. The number of nitrogens with zero attached hydrogens (tertiary/aromatic N) is 1. The number of benzene rings is 2. The molecule has 2 aromatic carbocycles. The van der Waals surface area contributed by atoms with E-state index in [1.54, 1.807) is 0 Å². The van der Waals surface area contributed by atoms with Crippen LogP contribution in [0, 0.1) is 11.3 Å². The van der Waals surface area contributed by atoms with Crippen molar-refractivity contribution in [2.75, 3.05) is 38.2 Å². The van der Waals surface area contributed by atoms with Crippen LogP contribution in [0.3, 0.4) is 0 Å². The lowest BCUT2D eigenvalue weighted by atomic mass is 9.75. The molecule has 0 unspecified atom stereocenters. The largest absolute Gasteiger partial charge is 0.381 e. The normalized spacial score (nSPS) is 26.6. The highest BCUT2D eigenvalue weighted by atomic mass is 16.5. The average molecular weight is 599 g/mol. The quantitative estimate of drug-likeness (QED) is 0.449. The molecule has 3 atom stereocenters. The molecule has 0 aromatic heterocycles. The maximum Gasteiger partial charge on any atom is 0.243 e. The summed E-state index contributed by atoms with van der Waals surface area (Å²) in [6.07, 6.45) is 12.7. The summed E-state index contributed by atoms with van der Waals surface area (Å²) in [7, 11) is 0. The number of fused-ring (bicyclic) bond motifs is 2. The minimum absolute atomic E-state index is 0.0160. The van der Waals surface area contributed by atoms with Crippen LogP contribution in [0.4, 0.5) is 5.69 Å². The molecule has 6 rings (SSSR count). The summed E-state index contributed by atoms with van der Waals surface area (Å²) >= 11 is 0. The molecule has 3 amide bonds. The van der Waals surface area contributed by atoms with Gasteiger partial charge in [0.15, 0.2) is 0 Å². The Morgan fingerprint density at radius 3 is 2.64 bits per heavy atom. The molecule has 2 aromatic rings. The van der Waals surface area contributed by atoms with E-state index in [-0.39, 0.29) is 29.7 Å². The van der Waals surface area contributed by atoms with E-state index < -0.39 is 11.5 Å². The Kier molecular flexibility index (Phi) is 9.77. The summed E-state index contributed by atoms with van der Waals surface area (Å²) in [4.78, 5) is 43.0. The Morgan fingerprint density at radius 1 is 0.977 bits per heavy atom. The van der Waals surface area contributed by atoms with Gasteiger partial charge in [0.25, 0.3) is 0 Å². The molecule has 1 aliphatic carbocycles. The van der Waals surface area contributed by atoms with Crippen LogP contribution in [-0.2, 0) is 38.4 Å². The average Bonchev–Trinajstić information content (AvgIpc) is 3.04. The second-order valence-corrected chi connectivity index (χ2v) is 13.1. The summed E-state index contributed by atoms with van der Waals surface area (Å²) in [5, 5.41) is 9.70. The van der Waals surface area contributed by atoms with Gasteiger partial charge in [-0.15, -0.1) is 0 Å². The van der Waals surface area contributed by atoms with Gasteiger partial charge in [0.1, 0.15) is 6.04 Å². The van der Waals surface area contributed by atoms with Crippen LogP contribution < -0.4 is 16.0 Å². The molecule has 2 saturated heterocycles. The SMILES string of the molecule is O=C(CN1CC[C@H]2NC(=O)[C@H](Cc3ccccc3)NC(=O)C3(C/C=C/C[C@H]2C1)CCOCC3)Nc1cccc2c1CCCC2. The maximum atomic E-state index is 13.8. The van der Waals surface area contributed by atoms with Crippen LogP contribution in [-0.4, -0.2) is 67.6 Å². The van der Waals surface area contributed by atoms with Crippen molar-refractivity contribution in [3.8, 4) is 0 Å².